The maximum absolute atomic E-state index is 13.1. The van der Waals surface area contributed by atoms with Crippen molar-refractivity contribution in [1.82, 2.24) is 9.55 Å². The summed E-state index contributed by atoms with van der Waals surface area (Å²) in [6.45, 7) is 4.66. The number of carbonyl (C=O) groups is 1. The highest BCUT2D eigenvalue weighted by atomic mass is 32.1. The van der Waals surface area contributed by atoms with Crippen molar-refractivity contribution in [3.05, 3.63) is 60.0 Å². The average molecular weight is 355 g/mol. The minimum atomic E-state index is -0.335. The molecular weight excluding hydrogens is 334 g/mol. The van der Waals surface area contributed by atoms with Crippen molar-refractivity contribution in [2.24, 2.45) is 0 Å². The molecule has 130 valence electrons. The molecule has 0 aliphatic heterocycles. The summed E-state index contributed by atoms with van der Waals surface area (Å²) < 4.78 is 7.15. The molecule has 5 nitrogen and oxygen atoms in total. The number of nitrogens with zero attached hydrogens (tertiary/aromatic N) is 3. The monoisotopic (exact) mass is 355 g/mol. The topological polar surface area (TPSA) is 47.4 Å². The van der Waals surface area contributed by atoms with Gasteiger partial charge in [-0.05, 0) is 43.5 Å². The number of imidazole rings is 1. The van der Waals surface area contributed by atoms with Gasteiger partial charge >= 0.3 is 0 Å². The molecule has 25 heavy (non-hydrogen) atoms. The lowest BCUT2D eigenvalue weighted by molar-refractivity contribution is 0.0952. The zero-order chi connectivity index (χ0) is 17.8. The van der Waals surface area contributed by atoms with E-state index in [1.54, 1.807) is 24.6 Å². The third-order valence-corrected chi connectivity index (χ3v) is 5.04. The van der Waals surface area contributed by atoms with Crippen LogP contribution in [0.15, 0.2) is 54.2 Å². The second-order valence-corrected chi connectivity index (χ2v) is 6.53. The molecule has 3 aromatic rings. The lowest BCUT2D eigenvalue weighted by Crippen LogP contribution is -2.40. The van der Waals surface area contributed by atoms with E-state index in [1.807, 2.05) is 66.4 Å². The molecular formula is C19H21N3O2S. The van der Waals surface area contributed by atoms with Gasteiger partial charge in [-0.1, -0.05) is 6.07 Å². The molecule has 3 rings (SSSR count). The summed E-state index contributed by atoms with van der Waals surface area (Å²) in [5, 5.41) is 2.97. The van der Waals surface area contributed by atoms with Crippen LogP contribution in [0.4, 0.5) is 5.69 Å². The van der Waals surface area contributed by atoms with Gasteiger partial charge in [-0.2, -0.15) is 0 Å². The van der Waals surface area contributed by atoms with Crippen LogP contribution in [-0.2, 0) is 0 Å². The molecule has 0 radical (unpaired) electrons. The van der Waals surface area contributed by atoms with Crippen molar-refractivity contribution in [1.29, 1.82) is 0 Å². The van der Waals surface area contributed by atoms with E-state index in [1.165, 1.54) is 0 Å². The maximum Gasteiger partial charge on any atom is 0.220 e. The fraction of sp³-hybridized carbons (Fsp3) is 0.263. The molecule has 2 heterocycles. The number of methoxy groups -OCH3 is 1. The van der Waals surface area contributed by atoms with Crippen LogP contribution in [0.5, 0.6) is 5.75 Å². The minimum Gasteiger partial charge on any atom is -0.497 e. The lowest BCUT2D eigenvalue weighted by atomic mass is 10.1. The molecule has 0 aliphatic carbocycles. The highest BCUT2D eigenvalue weighted by molar-refractivity contribution is 7.12. The largest absolute Gasteiger partial charge is 0.497 e. The van der Waals surface area contributed by atoms with Gasteiger partial charge in [-0.15, -0.1) is 11.3 Å². The van der Waals surface area contributed by atoms with Crippen LogP contribution < -0.4 is 9.64 Å². The molecule has 0 saturated carbocycles. The highest BCUT2D eigenvalue weighted by Crippen LogP contribution is 2.24. The quantitative estimate of drug-likeness (QED) is 0.600. The van der Waals surface area contributed by atoms with E-state index in [2.05, 4.69) is 9.88 Å². The average Bonchev–Trinajstić information content (AvgIpc) is 3.32. The summed E-state index contributed by atoms with van der Waals surface area (Å²) in [6.07, 6.45) is 3.50. The van der Waals surface area contributed by atoms with Crippen LogP contribution in [0.3, 0.4) is 0 Å². The molecule has 1 atom stereocenters. The molecule has 0 spiro atoms. The summed E-state index contributed by atoms with van der Waals surface area (Å²) in [7, 11) is 1.64. The number of thiophene rings is 1. The number of ketones is 1. The minimum absolute atomic E-state index is 0.0110. The number of hydrogen-bond acceptors (Lipinski definition) is 5. The highest BCUT2D eigenvalue weighted by Gasteiger charge is 2.26. The van der Waals surface area contributed by atoms with Gasteiger partial charge in [0.15, 0.2) is 5.82 Å². The molecule has 0 aliphatic rings. The SMILES string of the molecule is CCN(c1cccc(OC)c1)[C@@H](C)C(=O)c1nccn1-c1cccs1. The maximum atomic E-state index is 13.1. The van der Waals surface area contributed by atoms with Crippen molar-refractivity contribution < 1.29 is 9.53 Å². The molecule has 0 unspecified atom stereocenters. The summed E-state index contributed by atoms with van der Waals surface area (Å²) in [6, 6.07) is 11.4. The molecule has 0 saturated heterocycles. The Morgan fingerprint density at radius 2 is 2.20 bits per heavy atom. The first-order valence-corrected chi connectivity index (χ1v) is 9.05. The van der Waals surface area contributed by atoms with E-state index in [9.17, 15) is 4.79 Å². The van der Waals surface area contributed by atoms with Gasteiger partial charge in [0, 0.05) is 30.7 Å². The molecule has 0 bridgehead atoms. The van der Waals surface area contributed by atoms with E-state index in [0.717, 1.165) is 16.4 Å². The number of Topliss-reactive ketones (excluding diaryl/α,β-unsaturated/α-hetero) is 1. The summed E-state index contributed by atoms with van der Waals surface area (Å²) in [5.74, 6) is 1.22. The Hall–Kier alpha value is -2.60. The van der Waals surface area contributed by atoms with Gasteiger partial charge in [-0.25, -0.2) is 4.98 Å². The van der Waals surface area contributed by atoms with Gasteiger partial charge in [0.05, 0.1) is 13.2 Å². The van der Waals surface area contributed by atoms with Gasteiger partial charge in [-0.3, -0.25) is 9.36 Å². The fourth-order valence-corrected chi connectivity index (χ4v) is 3.58. The van der Waals surface area contributed by atoms with Crippen molar-refractivity contribution in [3.63, 3.8) is 0 Å². The summed E-state index contributed by atoms with van der Waals surface area (Å²) in [4.78, 5) is 19.5. The lowest BCUT2D eigenvalue weighted by Gasteiger charge is -2.29. The fourth-order valence-electron chi connectivity index (χ4n) is 2.87. The number of anilines is 1. The van der Waals surface area contributed by atoms with Crippen LogP contribution in [0.2, 0.25) is 0 Å². The van der Waals surface area contributed by atoms with E-state index in [-0.39, 0.29) is 11.8 Å². The molecule has 0 amide bonds. The van der Waals surface area contributed by atoms with Crippen LogP contribution in [0, 0.1) is 0 Å². The first kappa shape index (κ1) is 17.2. The zero-order valence-corrected chi connectivity index (χ0v) is 15.4. The zero-order valence-electron chi connectivity index (χ0n) is 14.5. The first-order valence-electron chi connectivity index (χ1n) is 8.17. The van der Waals surface area contributed by atoms with Crippen molar-refractivity contribution >= 4 is 22.8 Å². The number of benzene rings is 1. The smallest absolute Gasteiger partial charge is 0.220 e. The second kappa shape index (κ2) is 7.53. The third-order valence-electron chi connectivity index (χ3n) is 4.18. The third kappa shape index (κ3) is 3.44. The van der Waals surface area contributed by atoms with Crippen LogP contribution in [0.25, 0.3) is 5.00 Å². The predicted molar refractivity (Wildman–Crippen MR) is 101 cm³/mol. The van der Waals surface area contributed by atoms with Crippen LogP contribution >= 0.6 is 11.3 Å². The predicted octanol–water partition coefficient (Wildman–Crippen LogP) is 4.04. The Morgan fingerprint density at radius 1 is 1.36 bits per heavy atom. The summed E-state index contributed by atoms with van der Waals surface area (Å²) in [5.41, 5.74) is 0.955. The standard InChI is InChI=1S/C19H21N3O2S/c1-4-21(15-7-5-8-16(13-15)24-3)14(2)18(23)19-20-10-11-22(19)17-9-6-12-25-17/h5-14H,4H2,1-3H3/t14-/m0/s1. The first-order chi connectivity index (χ1) is 12.2. The Labute approximate surface area is 151 Å². The van der Waals surface area contributed by atoms with Gasteiger partial charge in [0.25, 0.3) is 0 Å². The van der Waals surface area contributed by atoms with Crippen LogP contribution in [-0.4, -0.2) is 35.0 Å². The van der Waals surface area contributed by atoms with Gasteiger partial charge in [0.1, 0.15) is 10.8 Å². The molecule has 6 heteroatoms. The van der Waals surface area contributed by atoms with E-state index in [0.29, 0.717) is 12.4 Å². The second-order valence-electron chi connectivity index (χ2n) is 5.60. The van der Waals surface area contributed by atoms with Crippen LogP contribution in [0.1, 0.15) is 24.5 Å². The van der Waals surface area contributed by atoms with E-state index in [4.69, 9.17) is 4.74 Å². The molecule has 1 aromatic carbocycles. The Morgan fingerprint density at radius 3 is 2.88 bits per heavy atom. The van der Waals surface area contributed by atoms with Gasteiger partial charge in [0.2, 0.25) is 5.78 Å². The molecule has 0 fully saturated rings. The number of hydrogen-bond donors (Lipinski definition) is 0. The number of rotatable bonds is 7. The normalized spacial score (nSPS) is 12.0. The van der Waals surface area contributed by atoms with E-state index >= 15 is 0 Å². The Balaban J connectivity index is 1.90. The number of aromatic nitrogens is 2. The number of ether oxygens (including phenoxy) is 1. The number of carbonyl (C=O) groups excluding carboxylic acids is 1. The number of likely N-dealkylation sites (N-methyl/N-ethyl adjacent to an activating group) is 1. The van der Waals surface area contributed by atoms with Crippen molar-refractivity contribution in [3.8, 4) is 10.8 Å². The Bertz CT molecular complexity index is 842. The van der Waals surface area contributed by atoms with Crippen molar-refractivity contribution in [2.45, 2.75) is 19.9 Å². The molecule has 2 aromatic heterocycles. The van der Waals surface area contributed by atoms with Gasteiger partial charge < -0.3 is 9.64 Å². The summed E-state index contributed by atoms with van der Waals surface area (Å²) >= 11 is 1.58. The van der Waals surface area contributed by atoms with Crippen molar-refractivity contribution in [2.75, 3.05) is 18.6 Å². The molecule has 0 N–H and O–H groups in total. The Kier molecular flexibility index (Phi) is 5.19. The van der Waals surface area contributed by atoms with E-state index < -0.39 is 0 Å².